The molecule has 0 spiro atoms. The van der Waals surface area contributed by atoms with Gasteiger partial charge >= 0.3 is 0 Å². The molecule has 0 N–H and O–H groups in total. The summed E-state index contributed by atoms with van der Waals surface area (Å²) in [6.07, 6.45) is 0. The number of halogens is 4. The van der Waals surface area contributed by atoms with Gasteiger partial charge in [0, 0.05) is 8.95 Å². The molecule has 0 aliphatic rings. The van der Waals surface area contributed by atoms with E-state index in [-0.39, 0.29) is 0 Å². The summed E-state index contributed by atoms with van der Waals surface area (Å²) in [5.74, 6) is 0. The summed E-state index contributed by atoms with van der Waals surface area (Å²) in [6, 6.07) is 13.6. The Morgan fingerprint density at radius 3 is 1.29 bits per heavy atom. The van der Waals surface area contributed by atoms with Gasteiger partial charge in [-0.1, -0.05) is 56.1 Å². The summed E-state index contributed by atoms with van der Waals surface area (Å²) in [4.78, 5) is 0. The maximum absolute atomic E-state index is 12.5. The van der Waals surface area contributed by atoms with Gasteiger partial charge in [-0.3, -0.25) is 0 Å². The molecule has 112 valence electrons. The SMILES string of the molecule is O=S(=O)(C(Cl)c1ccc(Br)cc1)C(Cl)c1ccc(Br)cc1. The van der Waals surface area contributed by atoms with Crippen molar-refractivity contribution in [3.05, 3.63) is 68.6 Å². The van der Waals surface area contributed by atoms with E-state index in [9.17, 15) is 8.42 Å². The smallest absolute Gasteiger partial charge is 0.192 e. The zero-order valence-electron chi connectivity index (χ0n) is 10.5. The quantitative estimate of drug-likeness (QED) is 0.527. The van der Waals surface area contributed by atoms with Gasteiger partial charge in [0.05, 0.1) is 0 Å². The number of benzene rings is 2. The van der Waals surface area contributed by atoms with Crippen LogP contribution in [0.1, 0.15) is 20.5 Å². The highest BCUT2D eigenvalue weighted by molar-refractivity contribution is 9.10. The van der Waals surface area contributed by atoms with Crippen molar-refractivity contribution in [1.29, 1.82) is 0 Å². The zero-order valence-corrected chi connectivity index (χ0v) is 16.0. The maximum Gasteiger partial charge on any atom is 0.192 e. The Bertz CT molecular complexity index is 658. The molecule has 0 aliphatic heterocycles. The van der Waals surface area contributed by atoms with Gasteiger partial charge in [0.25, 0.3) is 0 Å². The Balaban J connectivity index is 2.32. The van der Waals surface area contributed by atoms with Crippen LogP contribution in [0.4, 0.5) is 0 Å². The molecule has 0 saturated carbocycles. The van der Waals surface area contributed by atoms with Crippen molar-refractivity contribution in [2.75, 3.05) is 0 Å². The summed E-state index contributed by atoms with van der Waals surface area (Å²) < 4.78 is 24.3. The van der Waals surface area contributed by atoms with Gasteiger partial charge in [0.1, 0.15) is 0 Å². The number of hydrogen-bond donors (Lipinski definition) is 0. The lowest BCUT2D eigenvalue weighted by Gasteiger charge is -2.16. The lowest BCUT2D eigenvalue weighted by atomic mass is 10.2. The molecule has 2 rings (SSSR count). The molecule has 0 bridgehead atoms. The summed E-state index contributed by atoms with van der Waals surface area (Å²) >= 11 is 18.8. The van der Waals surface area contributed by atoms with E-state index < -0.39 is 19.3 Å². The highest BCUT2D eigenvalue weighted by atomic mass is 79.9. The zero-order chi connectivity index (χ0) is 15.6. The highest BCUT2D eigenvalue weighted by Crippen LogP contribution is 2.39. The molecule has 2 nitrogen and oxygen atoms in total. The number of alkyl halides is 2. The van der Waals surface area contributed by atoms with Gasteiger partial charge in [0.15, 0.2) is 19.3 Å². The normalized spacial score (nSPS) is 14.7. The Kier molecular flexibility index (Phi) is 5.77. The van der Waals surface area contributed by atoms with Crippen molar-refractivity contribution in [2.24, 2.45) is 0 Å². The predicted molar refractivity (Wildman–Crippen MR) is 94.4 cm³/mol. The standard InChI is InChI=1S/C14H10Br2Cl2O2S/c15-11-5-1-9(2-6-11)13(17)21(19,20)14(18)10-3-7-12(16)8-4-10/h1-8,13-14H. The molecule has 7 heteroatoms. The van der Waals surface area contributed by atoms with Gasteiger partial charge in [-0.2, -0.15) is 0 Å². The summed E-state index contributed by atoms with van der Waals surface area (Å²) in [5, 5.41) is 0. The van der Waals surface area contributed by atoms with E-state index in [1.165, 1.54) is 0 Å². The first-order valence-electron chi connectivity index (χ1n) is 5.84. The average molecular weight is 473 g/mol. The van der Waals surface area contributed by atoms with Gasteiger partial charge in [0.2, 0.25) is 0 Å². The molecule has 0 amide bonds. The van der Waals surface area contributed by atoms with Crippen molar-refractivity contribution in [3.63, 3.8) is 0 Å². The Hall–Kier alpha value is -0.0700. The monoisotopic (exact) mass is 470 g/mol. The average Bonchev–Trinajstić information content (AvgIpc) is 2.47. The first kappa shape index (κ1) is 17.3. The number of sulfone groups is 1. The number of hydrogen-bond acceptors (Lipinski definition) is 2. The maximum atomic E-state index is 12.5. The van der Waals surface area contributed by atoms with Gasteiger partial charge in [-0.15, -0.1) is 23.2 Å². The third kappa shape index (κ3) is 4.02. The van der Waals surface area contributed by atoms with Crippen molar-refractivity contribution < 1.29 is 8.42 Å². The molecule has 0 fully saturated rings. The second kappa shape index (κ2) is 7.01. The van der Waals surface area contributed by atoms with E-state index >= 15 is 0 Å². The minimum absolute atomic E-state index is 0.489. The van der Waals surface area contributed by atoms with Crippen LogP contribution < -0.4 is 0 Å². The van der Waals surface area contributed by atoms with Crippen molar-refractivity contribution in [3.8, 4) is 0 Å². The summed E-state index contributed by atoms with van der Waals surface area (Å²) in [6.45, 7) is 0. The van der Waals surface area contributed by atoms with Crippen LogP contribution in [0.2, 0.25) is 0 Å². The second-order valence-electron chi connectivity index (χ2n) is 4.32. The molecule has 0 aliphatic carbocycles. The fraction of sp³-hybridized carbons (Fsp3) is 0.143. The Labute approximate surface area is 150 Å². The number of rotatable bonds is 4. The molecule has 0 saturated heterocycles. The van der Waals surface area contributed by atoms with E-state index in [4.69, 9.17) is 23.2 Å². The van der Waals surface area contributed by atoms with E-state index in [0.717, 1.165) is 8.95 Å². The summed E-state index contributed by atoms with van der Waals surface area (Å²) in [5.41, 5.74) is 0.977. The van der Waals surface area contributed by atoms with Crippen LogP contribution in [-0.4, -0.2) is 8.42 Å². The van der Waals surface area contributed by atoms with Gasteiger partial charge < -0.3 is 0 Å². The van der Waals surface area contributed by atoms with Crippen molar-refractivity contribution in [2.45, 2.75) is 9.42 Å². The van der Waals surface area contributed by atoms with Crippen LogP contribution in [0, 0.1) is 0 Å². The molecule has 21 heavy (non-hydrogen) atoms. The minimum Gasteiger partial charge on any atom is -0.225 e. The van der Waals surface area contributed by atoms with Crippen LogP contribution in [0.5, 0.6) is 0 Å². The minimum atomic E-state index is -3.77. The van der Waals surface area contributed by atoms with Gasteiger partial charge in [-0.05, 0) is 35.4 Å². The molecule has 0 radical (unpaired) electrons. The predicted octanol–water partition coefficient (Wildman–Crippen LogP) is 5.80. The van der Waals surface area contributed by atoms with Crippen LogP contribution >= 0.6 is 55.1 Å². The highest BCUT2D eigenvalue weighted by Gasteiger charge is 2.33. The van der Waals surface area contributed by atoms with Crippen LogP contribution in [0.3, 0.4) is 0 Å². The van der Waals surface area contributed by atoms with E-state index in [0.29, 0.717) is 11.1 Å². The van der Waals surface area contributed by atoms with E-state index in [2.05, 4.69) is 31.9 Å². The Morgan fingerprint density at radius 1 is 0.714 bits per heavy atom. The van der Waals surface area contributed by atoms with E-state index in [1.807, 2.05) is 0 Å². The van der Waals surface area contributed by atoms with E-state index in [1.54, 1.807) is 48.5 Å². The second-order valence-corrected chi connectivity index (χ2v) is 9.67. The van der Waals surface area contributed by atoms with Crippen LogP contribution in [0.25, 0.3) is 0 Å². The first-order chi connectivity index (χ1) is 9.82. The molecule has 2 aromatic rings. The van der Waals surface area contributed by atoms with Crippen LogP contribution in [0.15, 0.2) is 57.5 Å². The lowest BCUT2D eigenvalue weighted by Crippen LogP contribution is -2.14. The van der Waals surface area contributed by atoms with Gasteiger partial charge in [-0.25, -0.2) is 8.42 Å². The van der Waals surface area contributed by atoms with Crippen molar-refractivity contribution in [1.82, 2.24) is 0 Å². The fourth-order valence-electron chi connectivity index (χ4n) is 1.71. The summed E-state index contributed by atoms with van der Waals surface area (Å²) in [7, 11) is -3.77. The third-order valence-corrected chi connectivity index (χ3v) is 7.59. The third-order valence-electron chi connectivity index (χ3n) is 2.84. The topological polar surface area (TPSA) is 34.1 Å². The molecular formula is C14H10Br2Cl2O2S. The Morgan fingerprint density at radius 2 is 1.00 bits per heavy atom. The van der Waals surface area contributed by atoms with Crippen LogP contribution in [-0.2, 0) is 9.84 Å². The molecule has 0 heterocycles. The first-order valence-corrected chi connectivity index (χ1v) is 9.91. The molecule has 2 unspecified atom stereocenters. The molecular weight excluding hydrogens is 463 g/mol. The lowest BCUT2D eigenvalue weighted by molar-refractivity contribution is 0.591. The molecule has 2 atom stereocenters. The fourth-order valence-corrected chi connectivity index (χ4v) is 4.59. The largest absolute Gasteiger partial charge is 0.225 e. The molecule has 0 aromatic heterocycles. The molecule has 2 aromatic carbocycles. The van der Waals surface area contributed by atoms with Crippen molar-refractivity contribution >= 4 is 64.9 Å².